The number of hydrogen-bond acceptors (Lipinski definition) is 10. The van der Waals surface area contributed by atoms with Crippen LogP contribution in [0.1, 0.15) is 55.1 Å². The smallest absolute Gasteiger partial charge is 0.378 e. The van der Waals surface area contributed by atoms with E-state index in [1.807, 2.05) is 4.90 Å². The van der Waals surface area contributed by atoms with Crippen LogP contribution in [-0.4, -0.2) is 119 Å². The number of anilines is 1. The quantitative estimate of drug-likeness (QED) is 0.419. The topological polar surface area (TPSA) is 130 Å². The number of piperidine rings is 1. The van der Waals surface area contributed by atoms with Gasteiger partial charge in [0, 0.05) is 62.5 Å². The highest BCUT2D eigenvalue weighted by Gasteiger charge is 2.59. The predicted molar refractivity (Wildman–Crippen MR) is 172 cm³/mol. The van der Waals surface area contributed by atoms with E-state index in [1.54, 1.807) is 35.8 Å². The molecule has 1 aliphatic carbocycles. The van der Waals surface area contributed by atoms with Gasteiger partial charge in [0.1, 0.15) is 10.9 Å². The highest BCUT2D eigenvalue weighted by Crippen LogP contribution is 2.46. The van der Waals surface area contributed by atoms with Crippen LogP contribution in [0.5, 0.6) is 0 Å². The van der Waals surface area contributed by atoms with Crippen LogP contribution in [0.15, 0.2) is 30.2 Å². The van der Waals surface area contributed by atoms with Gasteiger partial charge >= 0.3 is 6.18 Å². The lowest BCUT2D eigenvalue weighted by atomic mass is 9.71. The minimum absolute atomic E-state index is 0.0577. The summed E-state index contributed by atoms with van der Waals surface area (Å²) in [5.41, 5.74) is 0.803. The minimum Gasteiger partial charge on any atom is -0.378 e. The van der Waals surface area contributed by atoms with Gasteiger partial charge in [-0.3, -0.25) is 19.4 Å². The molecule has 2 aromatic rings. The lowest BCUT2D eigenvalue weighted by Crippen LogP contribution is -2.65. The Labute approximate surface area is 286 Å². The van der Waals surface area contributed by atoms with Crippen molar-refractivity contribution in [3.63, 3.8) is 0 Å². The zero-order valence-electron chi connectivity index (χ0n) is 27.4. The Kier molecular flexibility index (Phi) is 9.32. The summed E-state index contributed by atoms with van der Waals surface area (Å²) in [6, 6.07) is 0.599. The molecule has 8 rings (SSSR count). The molecule has 6 aliphatic rings. The van der Waals surface area contributed by atoms with E-state index in [1.165, 1.54) is 22.4 Å². The maximum absolute atomic E-state index is 14.4. The molecule has 1 saturated carbocycles. The molecule has 5 aliphatic heterocycles. The Hall–Kier alpha value is -3.37. The van der Waals surface area contributed by atoms with Gasteiger partial charge in [-0.2, -0.15) is 13.2 Å². The maximum Gasteiger partial charge on any atom is 0.391 e. The summed E-state index contributed by atoms with van der Waals surface area (Å²) >= 11 is 1.23. The maximum atomic E-state index is 14.4. The SMILES string of the molecule is C[C@@H](OCC12CCC(CC1)OC2)[C@H](NC(=O)C1CN(C(=O)c2cncs2)CC12CN(c1ncccn1)C2)C(=O)N1CCC(C(F)(F)F)CC1. The number of nitrogens with zero attached hydrogens (tertiary/aromatic N) is 6. The van der Waals surface area contributed by atoms with E-state index in [0.717, 1.165) is 25.7 Å². The highest BCUT2D eigenvalue weighted by molar-refractivity contribution is 7.11. The van der Waals surface area contributed by atoms with Crippen LogP contribution >= 0.6 is 11.3 Å². The van der Waals surface area contributed by atoms with E-state index >= 15 is 0 Å². The molecule has 6 fully saturated rings. The van der Waals surface area contributed by atoms with Crippen LogP contribution in [0, 0.1) is 22.7 Å². The zero-order chi connectivity index (χ0) is 34.4. The summed E-state index contributed by atoms with van der Waals surface area (Å²) in [6.45, 7) is 3.88. The Bertz CT molecular complexity index is 1480. The van der Waals surface area contributed by atoms with Crippen LogP contribution in [0.25, 0.3) is 0 Å². The third-order valence-electron chi connectivity index (χ3n) is 11.3. The molecule has 2 aromatic heterocycles. The van der Waals surface area contributed by atoms with Crippen molar-refractivity contribution in [2.75, 3.05) is 57.4 Å². The summed E-state index contributed by atoms with van der Waals surface area (Å²) in [5, 5.41) is 2.99. The van der Waals surface area contributed by atoms with Crippen LogP contribution in [0.3, 0.4) is 0 Å². The molecule has 1 spiro atoms. The molecule has 16 heteroatoms. The summed E-state index contributed by atoms with van der Waals surface area (Å²) in [6.07, 6.45) is 3.45. The lowest BCUT2D eigenvalue weighted by molar-refractivity contribution is -0.187. The molecule has 12 nitrogen and oxygen atoms in total. The molecular formula is C33H42F3N7O5S. The largest absolute Gasteiger partial charge is 0.391 e. The Morgan fingerprint density at radius 2 is 1.80 bits per heavy atom. The van der Waals surface area contributed by atoms with Gasteiger partial charge in [0.2, 0.25) is 17.8 Å². The molecule has 266 valence electrons. The van der Waals surface area contributed by atoms with Crippen LogP contribution in [0.2, 0.25) is 0 Å². The van der Waals surface area contributed by atoms with Gasteiger partial charge < -0.3 is 29.5 Å². The Morgan fingerprint density at radius 1 is 1.08 bits per heavy atom. The van der Waals surface area contributed by atoms with Crippen molar-refractivity contribution < 1.29 is 37.0 Å². The van der Waals surface area contributed by atoms with Crippen LogP contribution in [-0.2, 0) is 19.1 Å². The number of amides is 3. The summed E-state index contributed by atoms with van der Waals surface area (Å²) < 4.78 is 52.7. The molecule has 3 atom stereocenters. The number of halogens is 3. The number of hydrogen-bond donors (Lipinski definition) is 1. The number of fused-ring (bicyclic) bond motifs is 3. The van der Waals surface area contributed by atoms with Crippen molar-refractivity contribution in [1.29, 1.82) is 0 Å². The first-order valence-electron chi connectivity index (χ1n) is 17.0. The molecule has 1 N–H and O–H groups in total. The average Bonchev–Trinajstić information content (AvgIpc) is 3.79. The lowest BCUT2D eigenvalue weighted by Gasteiger charge is -2.50. The fourth-order valence-corrected chi connectivity index (χ4v) is 8.84. The predicted octanol–water partition coefficient (Wildman–Crippen LogP) is 3.16. The first kappa shape index (κ1) is 34.1. The number of carbonyl (C=O) groups excluding carboxylic acids is 3. The second kappa shape index (κ2) is 13.4. The van der Waals surface area contributed by atoms with E-state index in [9.17, 15) is 27.6 Å². The zero-order valence-corrected chi connectivity index (χ0v) is 28.3. The van der Waals surface area contributed by atoms with Crippen LogP contribution < -0.4 is 10.2 Å². The van der Waals surface area contributed by atoms with Crippen molar-refractivity contribution in [1.82, 2.24) is 30.1 Å². The Balaban J connectivity index is 1.10. The minimum atomic E-state index is -4.32. The Morgan fingerprint density at radius 3 is 2.41 bits per heavy atom. The number of nitrogens with one attached hydrogen (secondary N) is 1. The molecule has 5 saturated heterocycles. The van der Waals surface area contributed by atoms with Crippen molar-refractivity contribution in [2.45, 2.75) is 69.9 Å². The second-order valence-electron chi connectivity index (χ2n) is 14.5. The van der Waals surface area contributed by atoms with Gasteiger partial charge in [-0.25, -0.2) is 9.97 Å². The molecule has 0 radical (unpaired) electrons. The average molecular weight is 706 g/mol. The van der Waals surface area contributed by atoms with Gasteiger partial charge in [0.15, 0.2) is 0 Å². The molecule has 0 aromatic carbocycles. The fourth-order valence-electron chi connectivity index (χ4n) is 8.25. The number of carbonyl (C=O) groups is 3. The van der Waals surface area contributed by atoms with E-state index in [2.05, 4.69) is 20.3 Å². The van der Waals surface area contributed by atoms with Crippen molar-refractivity contribution in [3.05, 3.63) is 35.0 Å². The number of rotatable bonds is 9. The molecule has 2 bridgehead atoms. The standard InChI is InChI=1S/C33H42F3N7O5S/c1-21(47-18-31-7-3-23(4-8-31)48-19-31)26(29(46)41-11-5-22(6-12-41)33(34,35)36)40-27(44)24-14-42(28(45)25-13-37-20-49-25)15-32(24)16-43(17-32)30-38-9-2-10-39-30/h2,9-10,13,20-24,26H,3-8,11-12,14-19H2,1H3,(H,40,44)/t21-,23?,24?,26+,31?/m1/s1. The number of alkyl halides is 3. The number of thiazole rings is 1. The molecule has 49 heavy (non-hydrogen) atoms. The van der Waals surface area contributed by atoms with E-state index in [-0.39, 0.29) is 49.9 Å². The van der Waals surface area contributed by atoms with Gasteiger partial charge in [-0.05, 0) is 51.5 Å². The van der Waals surface area contributed by atoms with Crippen molar-refractivity contribution >= 4 is 35.0 Å². The molecule has 7 heterocycles. The third kappa shape index (κ3) is 6.87. The first-order chi connectivity index (χ1) is 23.5. The number of aromatic nitrogens is 3. The van der Waals surface area contributed by atoms with Gasteiger partial charge in [-0.15, -0.1) is 11.3 Å². The van der Waals surface area contributed by atoms with E-state index < -0.39 is 47.4 Å². The van der Waals surface area contributed by atoms with Gasteiger partial charge in [0.05, 0.1) is 49.0 Å². The third-order valence-corrected chi connectivity index (χ3v) is 12.1. The summed E-state index contributed by atoms with van der Waals surface area (Å²) in [7, 11) is 0. The van der Waals surface area contributed by atoms with Crippen molar-refractivity contribution in [2.24, 2.45) is 22.7 Å². The highest BCUT2D eigenvalue weighted by atomic mass is 32.1. The van der Waals surface area contributed by atoms with E-state index in [0.29, 0.717) is 43.7 Å². The monoisotopic (exact) mass is 705 g/mol. The van der Waals surface area contributed by atoms with Gasteiger partial charge in [-0.1, -0.05) is 0 Å². The van der Waals surface area contributed by atoms with Gasteiger partial charge in [0.25, 0.3) is 5.91 Å². The van der Waals surface area contributed by atoms with E-state index in [4.69, 9.17) is 9.47 Å². The molecule has 3 amide bonds. The fraction of sp³-hybridized carbons (Fsp3) is 0.697. The second-order valence-corrected chi connectivity index (χ2v) is 15.4. The number of likely N-dealkylation sites (tertiary alicyclic amines) is 2. The molecule has 1 unspecified atom stereocenters. The molecular weight excluding hydrogens is 663 g/mol. The van der Waals surface area contributed by atoms with Crippen LogP contribution in [0.4, 0.5) is 19.1 Å². The summed E-state index contributed by atoms with van der Waals surface area (Å²) in [5.74, 6) is -2.67. The normalized spacial score (nSPS) is 28.0. The summed E-state index contributed by atoms with van der Waals surface area (Å²) in [4.78, 5) is 60.1. The first-order valence-corrected chi connectivity index (χ1v) is 17.9. The number of ether oxygens (including phenoxy) is 2. The van der Waals surface area contributed by atoms with Crippen molar-refractivity contribution in [3.8, 4) is 0 Å².